The lowest BCUT2D eigenvalue weighted by molar-refractivity contribution is -0.122. The van der Waals surface area contributed by atoms with Gasteiger partial charge in [0, 0.05) is 38.1 Å². The number of hydrazine groups is 1. The molecule has 4 fully saturated rings. The van der Waals surface area contributed by atoms with Gasteiger partial charge in [-0.2, -0.15) is 5.01 Å². The van der Waals surface area contributed by atoms with Crippen molar-refractivity contribution in [3.05, 3.63) is 63.1 Å². The minimum Gasteiger partial charge on any atom is -0.367 e. The Morgan fingerprint density at radius 1 is 0.943 bits per heavy atom. The first-order chi connectivity index (χ1) is 16.8. The van der Waals surface area contributed by atoms with E-state index in [0.29, 0.717) is 28.7 Å². The normalized spacial score (nSPS) is 24.0. The molecule has 0 aliphatic carbocycles. The number of benzene rings is 2. The van der Waals surface area contributed by atoms with E-state index in [-0.39, 0.29) is 24.1 Å². The van der Waals surface area contributed by atoms with E-state index in [2.05, 4.69) is 15.1 Å². The number of carbonyl (C=O) groups is 4. The van der Waals surface area contributed by atoms with Gasteiger partial charge in [0.1, 0.15) is 0 Å². The average Bonchev–Trinajstić information content (AvgIpc) is 3.09. The van der Waals surface area contributed by atoms with E-state index < -0.39 is 23.8 Å². The minimum atomic E-state index is -0.770. The summed E-state index contributed by atoms with van der Waals surface area (Å²) >= 11 is 12.6. The van der Waals surface area contributed by atoms with Crippen molar-refractivity contribution in [3.8, 4) is 0 Å². The first kappa shape index (κ1) is 22.3. The number of piperidine rings is 1. The van der Waals surface area contributed by atoms with Gasteiger partial charge in [-0.15, -0.1) is 0 Å². The molecule has 5 amide bonds. The standard InChI is InChI=1S/C24H21Cl2N5O4/c25-18-2-1-3-19(21(18)26)28-11-14-9-15(12-28)29(14)10-13-4-5-16-17(8-13)23(34)31(22(16)33)30-7-6-20(32)27-24(30)35/h1-5,8,14-15H,6-7,9-12H2,(H,27,32,35). The number of nitrogens with one attached hydrogen (secondary N) is 1. The molecule has 2 aromatic carbocycles. The Morgan fingerprint density at radius 2 is 1.69 bits per heavy atom. The molecule has 5 heterocycles. The molecule has 4 saturated heterocycles. The summed E-state index contributed by atoms with van der Waals surface area (Å²) in [4.78, 5) is 54.2. The van der Waals surface area contributed by atoms with Gasteiger partial charge in [-0.25, -0.2) is 9.80 Å². The Labute approximate surface area is 211 Å². The fraction of sp³-hybridized carbons (Fsp3) is 0.333. The third-order valence-corrected chi connectivity index (χ3v) is 7.99. The molecule has 0 saturated carbocycles. The zero-order valence-corrected chi connectivity index (χ0v) is 20.1. The molecule has 2 unspecified atom stereocenters. The number of halogens is 2. The number of anilines is 1. The maximum Gasteiger partial charge on any atom is 0.343 e. The molecule has 0 aromatic heterocycles. The molecule has 2 atom stereocenters. The molecule has 0 radical (unpaired) electrons. The molecule has 2 aromatic rings. The van der Waals surface area contributed by atoms with E-state index in [1.807, 2.05) is 18.2 Å². The molecule has 9 nitrogen and oxygen atoms in total. The van der Waals surface area contributed by atoms with Crippen LogP contribution in [0.5, 0.6) is 0 Å². The lowest BCUT2D eigenvalue weighted by atomic mass is 9.86. The van der Waals surface area contributed by atoms with Crippen LogP contribution in [-0.2, 0) is 11.3 Å². The van der Waals surface area contributed by atoms with Crippen molar-refractivity contribution in [3.63, 3.8) is 0 Å². The predicted octanol–water partition coefficient (Wildman–Crippen LogP) is 2.91. The fourth-order valence-electron chi connectivity index (χ4n) is 5.43. The molecule has 1 N–H and O–H groups in total. The molecule has 7 rings (SSSR count). The lowest BCUT2D eigenvalue weighted by Gasteiger charge is -2.57. The monoisotopic (exact) mass is 513 g/mol. The quantitative estimate of drug-likeness (QED) is 0.631. The topological polar surface area (TPSA) is 93.3 Å². The van der Waals surface area contributed by atoms with E-state index in [9.17, 15) is 19.2 Å². The average molecular weight is 514 g/mol. The van der Waals surface area contributed by atoms with E-state index in [4.69, 9.17) is 23.2 Å². The molecule has 180 valence electrons. The Bertz CT molecular complexity index is 1290. The summed E-state index contributed by atoms with van der Waals surface area (Å²) in [7, 11) is 0. The third kappa shape index (κ3) is 3.57. The highest BCUT2D eigenvalue weighted by molar-refractivity contribution is 6.43. The second-order valence-corrected chi connectivity index (χ2v) is 10.0. The van der Waals surface area contributed by atoms with Crippen molar-refractivity contribution >= 4 is 52.6 Å². The van der Waals surface area contributed by atoms with Gasteiger partial charge in [0.25, 0.3) is 11.8 Å². The molecule has 35 heavy (non-hydrogen) atoms. The number of nitrogens with zero attached hydrogens (tertiary/aromatic N) is 4. The van der Waals surface area contributed by atoms with E-state index >= 15 is 0 Å². The van der Waals surface area contributed by atoms with Crippen molar-refractivity contribution < 1.29 is 19.2 Å². The molecule has 11 heteroatoms. The highest BCUT2D eigenvalue weighted by atomic mass is 35.5. The SMILES string of the molecule is O=C1CCN(N2C(=O)c3ccc(CN4C5CC4CN(c4cccc(Cl)c4Cl)C5)cc3C2=O)C(=O)N1. The fourth-order valence-corrected chi connectivity index (χ4v) is 5.84. The van der Waals surface area contributed by atoms with Gasteiger partial charge in [0.2, 0.25) is 5.91 Å². The maximum atomic E-state index is 13.1. The molecular formula is C24H21Cl2N5O4. The van der Waals surface area contributed by atoms with Gasteiger partial charge in [-0.05, 0) is 36.2 Å². The van der Waals surface area contributed by atoms with Gasteiger partial charge in [0.15, 0.2) is 0 Å². The lowest BCUT2D eigenvalue weighted by Crippen LogP contribution is -2.68. The van der Waals surface area contributed by atoms with Crippen molar-refractivity contribution in [2.24, 2.45) is 0 Å². The predicted molar refractivity (Wildman–Crippen MR) is 128 cm³/mol. The first-order valence-electron chi connectivity index (χ1n) is 11.4. The van der Waals surface area contributed by atoms with Crippen LogP contribution in [0.4, 0.5) is 10.5 Å². The van der Waals surface area contributed by atoms with Crippen LogP contribution >= 0.6 is 23.2 Å². The Balaban J connectivity index is 1.17. The smallest absolute Gasteiger partial charge is 0.343 e. The summed E-state index contributed by atoms with van der Waals surface area (Å²) in [6, 6.07) is 10.8. The zero-order valence-electron chi connectivity index (χ0n) is 18.5. The summed E-state index contributed by atoms with van der Waals surface area (Å²) in [5.41, 5.74) is 2.40. The van der Waals surface area contributed by atoms with Gasteiger partial charge in [0.05, 0.1) is 33.4 Å². The van der Waals surface area contributed by atoms with Gasteiger partial charge in [-0.3, -0.25) is 24.6 Å². The minimum absolute atomic E-state index is 0.0206. The largest absolute Gasteiger partial charge is 0.367 e. The number of imide groups is 2. The zero-order chi connectivity index (χ0) is 24.4. The van der Waals surface area contributed by atoms with Gasteiger partial charge < -0.3 is 4.90 Å². The highest BCUT2D eigenvalue weighted by Crippen LogP contribution is 2.40. The summed E-state index contributed by atoms with van der Waals surface area (Å²) in [5, 5.41) is 5.09. The second kappa shape index (κ2) is 8.22. The summed E-state index contributed by atoms with van der Waals surface area (Å²) in [6.45, 7) is 2.29. The molecule has 5 aliphatic rings. The van der Waals surface area contributed by atoms with Crippen LogP contribution in [0, 0.1) is 0 Å². The Morgan fingerprint density at radius 3 is 2.43 bits per heavy atom. The highest BCUT2D eigenvalue weighted by Gasteiger charge is 2.46. The summed E-state index contributed by atoms with van der Waals surface area (Å²) in [5.74, 6) is -1.54. The van der Waals surface area contributed by atoms with Crippen LogP contribution in [0.2, 0.25) is 10.0 Å². The molecule has 0 spiro atoms. The number of fused-ring (bicyclic) bond motifs is 3. The van der Waals surface area contributed by atoms with Crippen LogP contribution in [0.15, 0.2) is 36.4 Å². The number of urea groups is 1. The molecule has 2 bridgehead atoms. The first-order valence-corrected chi connectivity index (χ1v) is 12.1. The summed E-state index contributed by atoms with van der Waals surface area (Å²) in [6.07, 6.45) is 1.12. The second-order valence-electron chi connectivity index (χ2n) is 9.22. The van der Waals surface area contributed by atoms with E-state index in [1.165, 1.54) is 0 Å². The van der Waals surface area contributed by atoms with Crippen molar-refractivity contribution in [1.82, 2.24) is 20.2 Å². The Hall–Kier alpha value is -3.14. The van der Waals surface area contributed by atoms with Crippen molar-refractivity contribution in [1.29, 1.82) is 0 Å². The van der Waals surface area contributed by atoms with Crippen LogP contribution in [0.3, 0.4) is 0 Å². The van der Waals surface area contributed by atoms with Gasteiger partial charge in [-0.1, -0.05) is 35.3 Å². The van der Waals surface area contributed by atoms with Gasteiger partial charge >= 0.3 is 6.03 Å². The van der Waals surface area contributed by atoms with Crippen molar-refractivity contribution in [2.45, 2.75) is 31.5 Å². The number of rotatable bonds is 4. The molecular weight excluding hydrogens is 493 g/mol. The van der Waals surface area contributed by atoms with Crippen LogP contribution < -0.4 is 10.2 Å². The number of amides is 5. The summed E-state index contributed by atoms with van der Waals surface area (Å²) < 4.78 is 0. The van der Waals surface area contributed by atoms with E-state index in [1.54, 1.807) is 18.2 Å². The Kier molecular flexibility index (Phi) is 5.24. The third-order valence-electron chi connectivity index (χ3n) is 7.18. The van der Waals surface area contributed by atoms with Crippen LogP contribution in [-0.4, -0.2) is 70.4 Å². The number of hydrogen-bond donors (Lipinski definition) is 1. The number of carbonyl (C=O) groups excluding carboxylic acids is 4. The van der Waals surface area contributed by atoms with E-state index in [0.717, 1.165) is 40.8 Å². The van der Waals surface area contributed by atoms with Crippen LogP contribution in [0.1, 0.15) is 39.1 Å². The number of hydrogen-bond acceptors (Lipinski definition) is 6. The molecule has 5 aliphatic heterocycles. The van der Waals surface area contributed by atoms with Crippen molar-refractivity contribution in [2.75, 3.05) is 24.5 Å². The van der Waals surface area contributed by atoms with Crippen LogP contribution in [0.25, 0.3) is 0 Å². The maximum absolute atomic E-state index is 13.1. The number of piperazine rings is 1.